The van der Waals surface area contributed by atoms with Crippen molar-refractivity contribution in [3.05, 3.63) is 11.6 Å². The van der Waals surface area contributed by atoms with Gasteiger partial charge in [-0.1, -0.05) is 0 Å². The Morgan fingerprint density at radius 2 is 2.33 bits per heavy atom. The maximum Gasteiger partial charge on any atom is 0.153 e. The molecule has 0 amide bonds. The molecule has 2 rings (SSSR count). The average Bonchev–Trinajstić information content (AvgIpc) is 2.58. The summed E-state index contributed by atoms with van der Waals surface area (Å²) in [4.78, 5) is 4.30. The fourth-order valence-electron chi connectivity index (χ4n) is 1.79. The molecule has 0 aliphatic heterocycles. The standard InChI is InChI=1S/C8H14N4/c1-5-10-8(12-11-5)6-2-3-7(9)4-6/h6-7H,2-4,9H2,1H3,(H,10,11,12). The number of H-pyrrole nitrogens is 1. The second kappa shape index (κ2) is 2.86. The van der Waals surface area contributed by atoms with E-state index in [-0.39, 0.29) is 0 Å². The molecule has 0 aromatic carbocycles. The van der Waals surface area contributed by atoms with Crippen molar-refractivity contribution in [3.63, 3.8) is 0 Å². The first-order chi connectivity index (χ1) is 5.75. The lowest BCUT2D eigenvalue weighted by atomic mass is 10.1. The summed E-state index contributed by atoms with van der Waals surface area (Å²) in [6, 6.07) is 0.355. The minimum absolute atomic E-state index is 0.355. The molecule has 66 valence electrons. The molecule has 1 aromatic rings. The number of nitrogens with zero attached hydrogens (tertiary/aromatic N) is 2. The number of hydrogen-bond acceptors (Lipinski definition) is 3. The van der Waals surface area contributed by atoms with Crippen LogP contribution >= 0.6 is 0 Å². The highest BCUT2D eigenvalue weighted by atomic mass is 15.2. The molecule has 4 nitrogen and oxygen atoms in total. The lowest BCUT2D eigenvalue weighted by Gasteiger charge is -2.02. The largest absolute Gasteiger partial charge is 0.328 e. The number of hydrogen-bond donors (Lipinski definition) is 2. The van der Waals surface area contributed by atoms with Gasteiger partial charge in [0, 0.05) is 12.0 Å². The molecule has 12 heavy (non-hydrogen) atoms. The zero-order valence-electron chi connectivity index (χ0n) is 7.25. The molecule has 0 saturated heterocycles. The second-order valence-corrected chi connectivity index (χ2v) is 3.55. The monoisotopic (exact) mass is 166 g/mol. The number of aromatic amines is 1. The molecule has 1 heterocycles. The maximum atomic E-state index is 5.80. The Hall–Kier alpha value is -0.900. The summed E-state index contributed by atoms with van der Waals surface area (Å²) < 4.78 is 0. The van der Waals surface area contributed by atoms with Crippen LogP contribution in [0.5, 0.6) is 0 Å². The van der Waals surface area contributed by atoms with Crippen LogP contribution in [0.4, 0.5) is 0 Å². The van der Waals surface area contributed by atoms with E-state index < -0.39 is 0 Å². The van der Waals surface area contributed by atoms with E-state index in [2.05, 4.69) is 15.2 Å². The Labute approximate surface area is 71.6 Å². The second-order valence-electron chi connectivity index (χ2n) is 3.55. The Balaban J connectivity index is 2.11. The number of aromatic nitrogens is 3. The van der Waals surface area contributed by atoms with Crippen molar-refractivity contribution in [2.75, 3.05) is 0 Å². The van der Waals surface area contributed by atoms with Gasteiger partial charge in [0.1, 0.15) is 5.82 Å². The molecule has 1 fully saturated rings. The number of nitrogens with two attached hydrogens (primary N) is 1. The van der Waals surface area contributed by atoms with E-state index in [4.69, 9.17) is 5.73 Å². The van der Waals surface area contributed by atoms with Crippen molar-refractivity contribution >= 4 is 0 Å². The van der Waals surface area contributed by atoms with Crippen LogP contribution in [0.2, 0.25) is 0 Å². The zero-order chi connectivity index (χ0) is 8.55. The van der Waals surface area contributed by atoms with E-state index in [9.17, 15) is 0 Å². The zero-order valence-corrected chi connectivity index (χ0v) is 7.25. The van der Waals surface area contributed by atoms with Gasteiger partial charge in [0.15, 0.2) is 5.82 Å². The summed E-state index contributed by atoms with van der Waals surface area (Å²) in [5.74, 6) is 2.33. The smallest absolute Gasteiger partial charge is 0.153 e. The molecule has 4 heteroatoms. The van der Waals surface area contributed by atoms with Crippen LogP contribution in [-0.4, -0.2) is 21.2 Å². The van der Waals surface area contributed by atoms with Gasteiger partial charge in [-0.2, -0.15) is 5.10 Å². The molecular weight excluding hydrogens is 152 g/mol. The van der Waals surface area contributed by atoms with E-state index in [1.54, 1.807) is 0 Å². The molecule has 2 unspecified atom stereocenters. The quantitative estimate of drug-likeness (QED) is 0.645. The Kier molecular flexibility index (Phi) is 1.84. The van der Waals surface area contributed by atoms with Gasteiger partial charge in [0.2, 0.25) is 0 Å². The van der Waals surface area contributed by atoms with Crippen LogP contribution in [0.3, 0.4) is 0 Å². The van der Waals surface area contributed by atoms with Crippen LogP contribution in [-0.2, 0) is 0 Å². The third-order valence-corrected chi connectivity index (χ3v) is 2.45. The minimum Gasteiger partial charge on any atom is -0.328 e. The predicted molar refractivity (Wildman–Crippen MR) is 45.7 cm³/mol. The SMILES string of the molecule is Cc1nc(C2CCC(N)C2)n[nH]1. The molecule has 1 aliphatic carbocycles. The molecule has 1 aliphatic rings. The van der Waals surface area contributed by atoms with Crippen molar-refractivity contribution in [1.29, 1.82) is 0 Å². The molecule has 0 bridgehead atoms. The van der Waals surface area contributed by atoms with Crippen molar-refractivity contribution in [2.24, 2.45) is 5.73 Å². The highest BCUT2D eigenvalue weighted by Gasteiger charge is 2.25. The first kappa shape index (κ1) is 7.73. The van der Waals surface area contributed by atoms with E-state index >= 15 is 0 Å². The van der Waals surface area contributed by atoms with E-state index in [0.29, 0.717) is 12.0 Å². The fraction of sp³-hybridized carbons (Fsp3) is 0.750. The predicted octanol–water partition coefficient (Wildman–Crippen LogP) is 0.708. The van der Waals surface area contributed by atoms with Crippen LogP contribution in [0.25, 0.3) is 0 Å². The molecule has 1 saturated carbocycles. The van der Waals surface area contributed by atoms with Crippen molar-refractivity contribution in [1.82, 2.24) is 15.2 Å². The Morgan fingerprint density at radius 1 is 1.50 bits per heavy atom. The third-order valence-electron chi connectivity index (χ3n) is 2.45. The number of aryl methyl sites for hydroxylation is 1. The average molecular weight is 166 g/mol. The van der Waals surface area contributed by atoms with E-state index in [1.807, 2.05) is 6.92 Å². The van der Waals surface area contributed by atoms with Gasteiger partial charge in [-0.05, 0) is 26.2 Å². The molecule has 3 N–H and O–H groups in total. The molecule has 0 spiro atoms. The van der Waals surface area contributed by atoms with Gasteiger partial charge < -0.3 is 5.73 Å². The number of rotatable bonds is 1. The third kappa shape index (κ3) is 1.34. The van der Waals surface area contributed by atoms with Gasteiger partial charge >= 0.3 is 0 Å². The van der Waals surface area contributed by atoms with Crippen LogP contribution < -0.4 is 5.73 Å². The minimum atomic E-state index is 0.355. The summed E-state index contributed by atoms with van der Waals surface area (Å²) in [7, 11) is 0. The molecule has 0 radical (unpaired) electrons. The lowest BCUT2D eigenvalue weighted by Crippen LogP contribution is -2.14. The summed E-state index contributed by atoms with van der Waals surface area (Å²) >= 11 is 0. The normalized spacial score (nSPS) is 29.5. The summed E-state index contributed by atoms with van der Waals surface area (Å²) in [6.45, 7) is 1.92. The van der Waals surface area contributed by atoms with Gasteiger partial charge in [0.05, 0.1) is 0 Å². The molecular formula is C8H14N4. The Bertz CT molecular complexity index is 268. The molecule has 2 atom stereocenters. The van der Waals surface area contributed by atoms with Crippen molar-refractivity contribution in [2.45, 2.75) is 38.1 Å². The van der Waals surface area contributed by atoms with Crippen molar-refractivity contribution < 1.29 is 0 Å². The summed E-state index contributed by atoms with van der Waals surface area (Å²) in [6.07, 6.45) is 3.29. The van der Waals surface area contributed by atoms with Crippen molar-refractivity contribution in [3.8, 4) is 0 Å². The lowest BCUT2D eigenvalue weighted by molar-refractivity contribution is 0.645. The first-order valence-corrected chi connectivity index (χ1v) is 4.40. The van der Waals surface area contributed by atoms with Gasteiger partial charge in [-0.25, -0.2) is 4.98 Å². The van der Waals surface area contributed by atoms with Crippen LogP contribution in [0.1, 0.15) is 36.8 Å². The highest BCUT2D eigenvalue weighted by molar-refractivity contribution is 5.01. The van der Waals surface area contributed by atoms with E-state index in [0.717, 1.165) is 30.9 Å². The van der Waals surface area contributed by atoms with Gasteiger partial charge in [-0.3, -0.25) is 5.10 Å². The first-order valence-electron chi connectivity index (χ1n) is 4.40. The number of nitrogens with one attached hydrogen (secondary N) is 1. The topological polar surface area (TPSA) is 67.6 Å². The summed E-state index contributed by atoms with van der Waals surface area (Å²) in [5.41, 5.74) is 5.80. The Morgan fingerprint density at radius 3 is 2.83 bits per heavy atom. The van der Waals surface area contributed by atoms with Crippen LogP contribution in [0.15, 0.2) is 0 Å². The summed E-state index contributed by atoms with van der Waals surface area (Å²) in [5, 5.41) is 7.00. The van der Waals surface area contributed by atoms with Gasteiger partial charge in [0.25, 0.3) is 0 Å². The van der Waals surface area contributed by atoms with E-state index in [1.165, 1.54) is 0 Å². The molecule has 1 aromatic heterocycles. The fourth-order valence-corrected chi connectivity index (χ4v) is 1.79. The van der Waals surface area contributed by atoms with Gasteiger partial charge in [-0.15, -0.1) is 0 Å². The van der Waals surface area contributed by atoms with Crippen LogP contribution in [0, 0.1) is 6.92 Å². The highest BCUT2D eigenvalue weighted by Crippen LogP contribution is 2.31. The maximum absolute atomic E-state index is 5.80.